The molecule has 8 heteroatoms. The molecule has 4 nitrogen and oxygen atoms in total. The molecule has 0 atom stereocenters. The average Bonchev–Trinajstić information content (AvgIpc) is 3.78. The number of rotatable bonds is 12. The topological polar surface area (TPSA) is 26.1 Å². The molecule has 7 rings (SSSR count). The molecule has 0 aliphatic carbocycles. The van der Waals surface area contributed by atoms with E-state index in [1.807, 2.05) is 46.0 Å². The maximum Gasteiger partial charge on any atom is 0.262 e. The fraction of sp³-hybridized carbons (Fsp3) is 0.150. The monoisotopic (exact) mass is 701 g/mol. The van der Waals surface area contributed by atoms with Crippen LogP contribution in [0.25, 0.3) is 50.3 Å². The number of aryl methyl sites for hydroxylation is 3. The Morgan fingerprint density at radius 2 is 1.29 bits per heavy atom. The van der Waals surface area contributed by atoms with Gasteiger partial charge in [-0.05, 0) is 42.5 Å². The lowest BCUT2D eigenvalue weighted by Gasteiger charge is -2.06. The van der Waals surface area contributed by atoms with Crippen molar-refractivity contribution >= 4 is 100.0 Å². The largest absolute Gasteiger partial charge is 0.346 e. The smallest absolute Gasteiger partial charge is 0.262 e. The lowest BCUT2D eigenvalue weighted by Crippen LogP contribution is -2.28. The van der Waals surface area contributed by atoms with Crippen LogP contribution in [0.1, 0.15) is 16.1 Å². The van der Waals surface area contributed by atoms with Gasteiger partial charge in [0, 0.05) is 94.0 Å². The lowest BCUT2D eigenvalue weighted by molar-refractivity contribution is -0.642. The van der Waals surface area contributed by atoms with E-state index in [0.717, 1.165) is 29.6 Å². The van der Waals surface area contributed by atoms with Gasteiger partial charge < -0.3 is 9.13 Å². The van der Waals surface area contributed by atoms with Crippen LogP contribution >= 0.6 is 44.7 Å². The number of fused-ring (bicyclic) bond motifs is 3. The number of thioether (sulfide) groups is 1. The van der Waals surface area contributed by atoms with E-state index in [1.165, 1.54) is 53.1 Å². The van der Waals surface area contributed by atoms with E-state index in [9.17, 15) is 0 Å². The predicted octanol–water partition coefficient (Wildman–Crippen LogP) is 10.7. The van der Waals surface area contributed by atoms with Crippen molar-refractivity contribution in [1.29, 1.82) is 0 Å². The summed E-state index contributed by atoms with van der Waals surface area (Å²) in [5.74, 6) is 2.10. The number of benzene rings is 4. The number of para-hydroxylation sites is 3. The van der Waals surface area contributed by atoms with E-state index >= 15 is 0 Å². The molecule has 0 fully saturated rings. The van der Waals surface area contributed by atoms with Crippen molar-refractivity contribution in [2.45, 2.75) is 18.0 Å². The minimum Gasteiger partial charge on any atom is -0.346 e. The molecule has 48 heavy (non-hydrogen) atoms. The van der Waals surface area contributed by atoms with Crippen molar-refractivity contribution < 1.29 is 4.57 Å². The summed E-state index contributed by atoms with van der Waals surface area (Å²) in [4.78, 5) is 5.70. The van der Waals surface area contributed by atoms with E-state index in [1.54, 1.807) is 11.8 Å². The SMILES string of the molecule is CN=C(/C=C/c1cn(CCSSCCn2cc(/C=C/c3sc4ccccc4[n+]3C)c3ccccc32)c2ccccc12)Sc1ccccc1. The van der Waals surface area contributed by atoms with Crippen molar-refractivity contribution in [3.8, 4) is 0 Å². The number of nitrogens with zero attached hydrogens (tertiary/aromatic N) is 4. The Hall–Kier alpha value is -3.95. The van der Waals surface area contributed by atoms with Crippen LogP contribution in [0.4, 0.5) is 0 Å². The van der Waals surface area contributed by atoms with Crippen LogP contribution in [0.5, 0.6) is 0 Å². The summed E-state index contributed by atoms with van der Waals surface area (Å²) in [6.07, 6.45) is 13.5. The molecule has 3 heterocycles. The maximum atomic E-state index is 4.51. The van der Waals surface area contributed by atoms with Crippen LogP contribution < -0.4 is 4.57 Å². The Balaban J connectivity index is 0.960. The van der Waals surface area contributed by atoms with Gasteiger partial charge in [0.15, 0.2) is 0 Å². The van der Waals surface area contributed by atoms with Crippen molar-refractivity contribution in [1.82, 2.24) is 9.13 Å². The number of hydrogen-bond donors (Lipinski definition) is 0. The standard InChI is InChI=1S/C40H37N4S4/c1-41-39(47-32-12-4-3-5-13-32)22-20-30-28-43(35-16-8-6-14-33(30)35)24-26-45-46-27-25-44-29-31(34-15-7-9-17-36(34)44)21-23-40-42(2)37-18-10-11-19-38(37)48-40/h3-23,28-29H,24-27H2,1-2H3/q+1/b22-20+,41-39?. The minimum atomic E-state index is 0.968. The first-order valence-corrected chi connectivity index (χ1v) is 20.1. The molecular formula is C40H37N4S4+. The average molecular weight is 702 g/mol. The molecule has 0 N–H and O–H groups in total. The van der Waals surface area contributed by atoms with Gasteiger partial charge >= 0.3 is 0 Å². The van der Waals surface area contributed by atoms with E-state index in [4.69, 9.17) is 0 Å². The lowest BCUT2D eigenvalue weighted by atomic mass is 10.1. The molecule has 0 unspecified atom stereocenters. The van der Waals surface area contributed by atoms with Gasteiger partial charge in [-0.15, -0.1) is 0 Å². The van der Waals surface area contributed by atoms with E-state index in [0.29, 0.717) is 0 Å². The second kappa shape index (κ2) is 15.5. The van der Waals surface area contributed by atoms with Crippen LogP contribution in [-0.4, -0.2) is 32.7 Å². The maximum absolute atomic E-state index is 4.51. The summed E-state index contributed by atoms with van der Waals surface area (Å²) < 4.78 is 8.40. The van der Waals surface area contributed by atoms with E-state index in [2.05, 4.69) is 160 Å². The summed E-state index contributed by atoms with van der Waals surface area (Å²) in [6.45, 7) is 1.95. The highest BCUT2D eigenvalue weighted by Crippen LogP contribution is 2.29. The minimum absolute atomic E-state index is 0.968. The molecule has 0 aliphatic heterocycles. The fourth-order valence-electron chi connectivity index (χ4n) is 5.93. The Bertz CT molecular complexity index is 2260. The molecule has 240 valence electrons. The summed E-state index contributed by atoms with van der Waals surface area (Å²) in [5.41, 5.74) is 6.33. The highest BCUT2D eigenvalue weighted by molar-refractivity contribution is 8.76. The van der Waals surface area contributed by atoms with Crippen molar-refractivity contribution in [3.63, 3.8) is 0 Å². The van der Waals surface area contributed by atoms with Gasteiger partial charge in [-0.25, -0.2) is 0 Å². The molecule has 4 aromatic carbocycles. The second-order valence-corrected chi connectivity index (χ2v) is 16.2. The third kappa shape index (κ3) is 7.37. The number of aromatic nitrogens is 3. The third-order valence-electron chi connectivity index (χ3n) is 8.32. The highest BCUT2D eigenvalue weighted by atomic mass is 33.1. The van der Waals surface area contributed by atoms with Gasteiger partial charge in [0.05, 0.1) is 5.04 Å². The molecule has 0 amide bonds. The quantitative estimate of drug-likeness (QED) is 0.0317. The first-order chi connectivity index (χ1) is 23.7. The van der Waals surface area contributed by atoms with Crippen molar-refractivity contribution in [3.05, 3.63) is 138 Å². The number of hydrogen-bond acceptors (Lipinski definition) is 5. The van der Waals surface area contributed by atoms with Crippen LogP contribution in [0.15, 0.2) is 131 Å². The van der Waals surface area contributed by atoms with Crippen LogP contribution in [0.3, 0.4) is 0 Å². The molecule has 0 aliphatic rings. The molecule has 3 aromatic heterocycles. The zero-order valence-corrected chi connectivity index (χ0v) is 30.3. The summed E-state index contributed by atoms with van der Waals surface area (Å²) in [5, 5.41) is 4.82. The van der Waals surface area contributed by atoms with Crippen LogP contribution in [-0.2, 0) is 20.1 Å². The zero-order valence-electron chi connectivity index (χ0n) is 27.0. The number of thiazole rings is 1. The highest BCUT2D eigenvalue weighted by Gasteiger charge is 2.14. The van der Waals surface area contributed by atoms with Crippen molar-refractivity contribution in [2.75, 3.05) is 18.6 Å². The summed E-state index contributed by atoms with van der Waals surface area (Å²) in [6, 6.07) is 36.5. The third-order valence-corrected chi connectivity index (χ3v) is 12.9. The molecular weight excluding hydrogens is 665 g/mol. The van der Waals surface area contributed by atoms with Gasteiger partial charge in [-0.3, -0.25) is 4.99 Å². The van der Waals surface area contributed by atoms with Gasteiger partial charge in [0.1, 0.15) is 11.7 Å². The zero-order chi connectivity index (χ0) is 32.7. The molecule has 0 bridgehead atoms. The van der Waals surface area contributed by atoms with Crippen LogP contribution in [0.2, 0.25) is 0 Å². The first-order valence-electron chi connectivity index (χ1n) is 16.0. The molecule has 7 aromatic rings. The normalized spacial score (nSPS) is 12.5. The first kappa shape index (κ1) is 32.6. The Morgan fingerprint density at radius 1 is 0.708 bits per heavy atom. The van der Waals surface area contributed by atoms with E-state index < -0.39 is 0 Å². The Morgan fingerprint density at radius 3 is 1.94 bits per heavy atom. The van der Waals surface area contributed by atoms with Gasteiger partial charge in [0.2, 0.25) is 5.52 Å². The van der Waals surface area contributed by atoms with Gasteiger partial charge in [-0.1, -0.05) is 117 Å². The Labute approximate surface area is 298 Å². The molecule has 0 spiro atoms. The summed E-state index contributed by atoms with van der Waals surface area (Å²) >= 11 is 3.52. The molecule has 0 saturated carbocycles. The summed E-state index contributed by atoms with van der Waals surface area (Å²) in [7, 11) is 7.93. The van der Waals surface area contributed by atoms with Crippen molar-refractivity contribution in [2.24, 2.45) is 12.0 Å². The molecule has 0 saturated heterocycles. The second-order valence-electron chi connectivity index (χ2n) is 11.3. The van der Waals surface area contributed by atoms with Gasteiger partial charge in [0.25, 0.3) is 5.01 Å². The van der Waals surface area contributed by atoms with Gasteiger partial charge in [-0.2, -0.15) is 4.57 Å². The van der Waals surface area contributed by atoms with Crippen LogP contribution in [0, 0.1) is 0 Å². The number of aliphatic imine (C=N–C) groups is 1. The molecule has 0 radical (unpaired) electrons. The van der Waals surface area contributed by atoms with E-state index in [-0.39, 0.29) is 0 Å². The Kier molecular flexibility index (Phi) is 10.5. The fourth-order valence-corrected chi connectivity index (χ4v) is 9.67. The predicted molar refractivity (Wildman–Crippen MR) is 215 cm³/mol.